The van der Waals surface area contributed by atoms with Crippen molar-refractivity contribution in [1.82, 2.24) is 4.90 Å². The van der Waals surface area contributed by atoms with E-state index in [9.17, 15) is 10.1 Å². The van der Waals surface area contributed by atoms with Crippen molar-refractivity contribution < 1.29 is 14.2 Å². The molecule has 0 aliphatic carbocycles. The first-order valence-electron chi connectivity index (χ1n) is 8.84. The van der Waals surface area contributed by atoms with Gasteiger partial charge in [-0.2, -0.15) is 0 Å². The molecule has 1 heterocycles. The molecule has 2 aromatic carbocycles. The molecule has 144 valence electrons. The third kappa shape index (κ3) is 5.52. The first kappa shape index (κ1) is 19.3. The maximum Gasteiger partial charge on any atom is 0.314 e. The number of nitro benzene ring substituents is 1. The molecule has 28 heavy (non-hydrogen) atoms. The van der Waals surface area contributed by atoms with E-state index in [0.29, 0.717) is 25.3 Å². The molecule has 7 nitrogen and oxygen atoms in total. The molecule has 0 amide bonds. The third-order valence-corrected chi connectivity index (χ3v) is 4.02. The Hall–Kier alpha value is -3.45. The molecule has 7 heteroatoms. The molecule has 0 unspecified atom stereocenters. The predicted molar refractivity (Wildman–Crippen MR) is 106 cm³/mol. The summed E-state index contributed by atoms with van der Waals surface area (Å²) < 4.78 is 5.47. The van der Waals surface area contributed by atoms with Gasteiger partial charge in [-0.1, -0.05) is 47.6 Å². The van der Waals surface area contributed by atoms with Crippen LogP contribution in [0.25, 0.3) is 0 Å². The average Bonchev–Trinajstić information content (AvgIpc) is 3.20. The normalized spacial score (nSPS) is 11.6. The molecule has 0 aliphatic heterocycles. The number of nitrogens with zero attached hydrogens (tertiary/aromatic N) is 3. The standard InChI is InChI=1S/C21H21N3O4/c1-17(22-28-21-12-6-5-11-20(21)24(25)26)14-23(16-19-10-7-13-27-19)15-18-8-3-2-4-9-18/h2-13H,14-16H2,1H3. The van der Waals surface area contributed by atoms with E-state index < -0.39 is 4.92 Å². The van der Waals surface area contributed by atoms with Crippen LogP contribution in [0, 0.1) is 10.1 Å². The molecule has 0 bridgehead atoms. The van der Waals surface area contributed by atoms with E-state index in [-0.39, 0.29) is 11.4 Å². The van der Waals surface area contributed by atoms with Crippen LogP contribution in [0.15, 0.2) is 82.6 Å². The second kappa shape index (κ2) is 9.48. The fraction of sp³-hybridized carbons (Fsp3) is 0.190. The predicted octanol–water partition coefficient (Wildman–Crippen LogP) is 4.64. The van der Waals surface area contributed by atoms with E-state index in [1.165, 1.54) is 17.7 Å². The Kier molecular flexibility index (Phi) is 6.54. The summed E-state index contributed by atoms with van der Waals surface area (Å²) in [6, 6.07) is 20.1. The number of hydrogen-bond donors (Lipinski definition) is 0. The van der Waals surface area contributed by atoms with Gasteiger partial charge in [0.25, 0.3) is 0 Å². The van der Waals surface area contributed by atoms with Gasteiger partial charge < -0.3 is 9.25 Å². The molecule has 0 radical (unpaired) electrons. The molecule has 3 aromatic rings. The van der Waals surface area contributed by atoms with Crippen LogP contribution in [0.2, 0.25) is 0 Å². The van der Waals surface area contributed by atoms with Crippen LogP contribution in [0.4, 0.5) is 5.69 Å². The molecule has 3 rings (SSSR count). The zero-order valence-corrected chi connectivity index (χ0v) is 15.5. The van der Waals surface area contributed by atoms with Gasteiger partial charge in [0.05, 0.1) is 23.4 Å². The lowest BCUT2D eigenvalue weighted by Crippen LogP contribution is -2.28. The summed E-state index contributed by atoms with van der Waals surface area (Å²) in [5, 5.41) is 15.2. The van der Waals surface area contributed by atoms with Gasteiger partial charge in [-0.3, -0.25) is 15.0 Å². The molecule has 0 fully saturated rings. The van der Waals surface area contributed by atoms with Crippen LogP contribution in [0.3, 0.4) is 0 Å². The van der Waals surface area contributed by atoms with E-state index in [2.05, 4.69) is 22.2 Å². The van der Waals surface area contributed by atoms with E-state index in [1.54, 1.807) is 18.4 Å². The number of para-hydroxylation sites is 2. The van der Waals surface area contributed by atoms with Gasteiger partial charge in [0, 0.05) is 19.2 Å². The molecule has 0 spiro atoms. The summed E-state index contributed by atoms with van der Waals surface area (Å²) in [6.45, 7) is 3.67. The Balaban J connectivity index is 1.70. The van der Waals surface area contributed by atoms with Crippen molar-refractivity contribution in [1.29, 1.82) is 0 Å². The second-order valence-electron chi connectivity index (χ2n) is 6.35. The minimum absolute atomic E-state index is 0.115. The molecule has 0 N–H and O–H groups in total. The van der Waals surface area contributed by atoms with Gasteiger partial charge in [-0.25, -0.2) is 0 Å². The van der Waals surface area contributed by atoms with Crippen molar-refractivity contribution in [3.63, 3.8) is 0 Å². The van der Waals surface area contributed by atoms with Crippen LogP contribution < -0.4 is 4.84 Å². The Labute approximate surface area is 163 Å². The lowest BCUT2D eigenvalue weighted by atomic mass is 10.2. The fourth-order valence-electron chi connectivity index (χ4n) is 2.80. The maximum absolute atomic E-state index is 11.1. The highest BCUT2D eigenvalue weighted by Crippen LogP contribution is 2.26. The van der Waals surface area contributed by atoms with Crippen LogP contribution in [-0.2, 0) is 13.1 Å². The first-order chi connectivity index (χ1) is 13.6. The number of benzene rings is 2. The smallest absolute Gasteiger partial charge is 0.314 e. The molecular formula is C21H21N3O4. The highest BCUT2D eigenvalue weighted by Gasteiger charge is 2.15. The van der Waals surface area contributed by atoms with Gasteiger partial charge >= 0.3 is 5.69 Å². The van der Waals surface area contributed by atoms with E-state index >= 15 is 0 Å². The van der Waals surface area contributed by atoms with Crippen molar-refractivity contribution in [2.24, 2.45) is 5.16 Å². The minimum atomic E-state index is -0.487. The van der Waals surface area contributed by atoms with Crippen LogP contribution in [0.5, 0.6) is 5.75 Å². The number of oxime groups is 1. The lowest BCUT2D eigenvalue weighted by Gasteiger charge is -2.21. The topological polar surface area (TPSA) is 81.1 Å². The van der Waals surface area contributed by atoms with E-state index in [0.717, 1.165) is 5.76 Å². The number of rotatable bonds is 9. The zero-order chi connectivity index (χ0) is 19.8. The number of nitro groups is 1. The second-order valence-corrected chi connectivity index (χ2v) is 6.35. The Bertz CT molecular complexity index is 924. The number of hydrogen-bond acceptors (Lipinski definition) is 6. The quantitative estimate of drug-likeness (QED) is 0.307. The summed E-state index contributed by atoms with van der Waals surface area (Å²) in [5.41, 5.74) is 1.75. The molecule has 0 saturated heterocycles. The van der Waals surface area contributed by atoms with Crippen molar-refractivity contribution in [2.75, 3.05) is 6.54 Å². The van der Waals surface area contributed by atoms with Gasteiger partial charge in [0.2, 0.25) is 5.75 Å². The van der Waals surface area contributed by atoms with Gasteiger partial charge in [0.15, 0.2) is 0 Å². The summed E-state index contributed by atoms with van der Waals surface area (Å²) in [7, 11) is 0. The van der Waals surface area contributed by atoms with Crippen LogP contribution >= 0.6 is 0 Å². The monoisotopic (exact) mass is 379 g/mol. The third-order valence-electron chi connectivity index (χ3n) is 4.02. The minimum Gasteiger partial charge on any atom is -0.468 e. The molecule has 0 saturated carbocycles. The maximum atomic E-state index is 11.1. The van der Waals surface area contributed by atoms with Crippen LogP contribution in [0.1, 0.15) is 18.2 Å². The largest absolute Gasteiger partial charge is 0.468 e. The summed E-state index contributed by atoms with van der Waals surface area (Å²) in [6.07, 6.45) is 1.65. The Morgan fingerprint density at radius 3 is 2.54 bits per heavy atom. The Morgan fingerprint density at radius 2 is 1.82 bits per heavy atom. The van der Waals surface area contributed by atoms with Crippen molar-refractivity contribution in [3.05, 3.63) is 94.4 Å². The zero-order valence-electron chi connectivity index (χ0n) is 15.5. The highest BCUT2D eigenvalue weighted by molar-refractivity contribution is 5.83. The highest BCUT2D eigenvalue weighted by atomic mass is 16.6. The van der Waals surface area contributed by atoms with Gasteiger partial charge in [0.1, 0.15) is 5.76 Å². The molecular weight excluding hydrogens is 358 g/mol. The summed E-state index contributed by atoms with van der Waals surface area (Å²) in [5.74, 6) is 0.968. The molecule has 0 aliphatic rings. The van der Waals surface area contributed by atoms with Crippen molar-refractivity contribution in [2.45, 2.75) is 20.0 Å². The van der Waals surface area contributed by atoms with E-state index in [4.69, 9.17) is 9.25 Å². The lowest BCUT2D eigenvalue weighted by molar-refractivity contribution is -0.385. The Morgan fingerprint density at radius 1 is 1.07 bits per heavy atom. The summed E-state index contributed by atoms with van der Waals surface area (Å²) in [4.78, 5) is 18.1. The fourth-order valence-corrected chi connectivity index (χ4v) is 2.80. The number of furan rings is 1. The van der Waals surface area contributed by atoms with Crippen molar-refractivity contribution in [3.8, 4) is 5.75 Å². The van der Waals surface area contributed by atoms with Gasteiger partial charge in [-0.15, -0.1) is 0 Å². The SMILES string of the molecule is CC(CN(Cc1ccccc1)Cc1ccco1)=NOc1ccccc1[N+](=O)[O-]. The molecule has 1 aromatic heterocycles. The summed E-state index contributed by atoms with van der Waals surface area (Å²) >= 11 is 0. The first-order valence-corrected chi connectivity index (χ1v) is 8.84. The van der Waals surface area contributed by atoms with Crippen molar-refractivity contribution >= 4 is 11.4 Å². The molecule has 0 atom stereocenters. The average molecular weight is 379 g/mol. The van der Waals surface area contributed by atoms with E-state index in [1.807, 2.05) is 37.3 Å². The van der Waals surface area contributed by atoms with Gasteiger partial charge in [-0.05, 0) is 30.7 Å². The van der Waals surface area contributed by atoms with Crippen LogP contribution in [-0.4, -0.2) is 22.1 Å².